The zero-order chi connectivity index (χ0) is 14.0. The second-order valence-electron chi connectivity index (χ2n) is 5.49. The Morgan fingerprint density at radius 3 is 2.79 bits per heavy atom. The van der Waals surface area contributed by atoms with E-state index in [1.807, 2.05) is 18.2 Å². The maximum Gasteiger partial charge on any atom is 0.161 e. The summed E-state index contributed by atoms with van der Waals surface area (Å²) in [4.78, 5) is 16.3. The molecular formula is C15H23N3O. The number of hydrogen-bond acceptors (Lipinski definition) is 4. The highest BCUT2D eigenvalue weighted by Gasteiger charge is 2.20. The molecule has 1 saturated heterocycles. The maximum atomic E-state index is 11.6. The fourth-order valence-corrected chi connectivity index (χ4v) is 2.78. The van der Waals surface area contributed by atoms with Gasteiger partial charge in [-0.05, 0) is 52.1 Å². The van der Waals surface area contributed by atoms with Crippen molar-refractivity contribution in [3.05, 3.63) is 23.8 Å². The van der Waals surface area contributed by atoms with Gasteiger partial charge in [-0.25, -0.2) is 0 Å². The molecule has 1 aliphatic heterocycles. The van der Waals surface area contributed by atoms with E-state index in [-0.39, 0.29) is 5.78 Å². The van der Waals surface area contributed by atoms with Crippen LogP contribution >= 0.6 is 0 Å². The second kappa shape index (κ2) is 5.61. The summed E-state index contributed by atoms with van der Waals surface area (Å²) in [7, 11) is 2.16. The minimum Gasteiger partial charge on any atom is -0.398 e. The topological polar surface area (TPSA) is 49.6 Å². The molecule has 1 aliphatic rings. The molecule has 0 saturated carbocycles. The summed E-state index contributed by atoms with van der Waals surface area (Å²) in [5, 5.41) is 0. The number of rotatable bonds is 2. The van der Waals surface area contributed by atoms with E-state index in [0.29, 0.717) is 17.3 Å². The van der Waals surface area contributed by atoms with E-state index in [9.17, 15) is 4.79 Å². The van der Waals surface area contributed by atoms with Crippen LogP contribution in [0.4, 0.5) is 11.4 Å². The quantitative estimate of drug-likeness (QED) is 0.653. The molecule has 1 unspecified atom stereocenters. The van der Waals surface area contributed by atoms with Crippen molar-refractivity contribution in [1.82, 2.24) is 4.90 Å². The van der Waals surface area contributed by atoms with Crippen molar-refractivity contribution in [3.8, 4) is 0 Å². The molecule has 0 amide bonds. The molecule has 1 aromatic rings. The normalized spacial score (nSPS) is 21.2. The second-order valence-corrected chi connectivity index (χ2v) is 5.49. The number of nitrogen functional groups attached to an aromatic ring is 1. The molecule has 1 fully saturated rings. The van der Waals surface area contributed by atoms with Crippen LogP contribution in [0.5, 0.6) is 0 Å². The third kappa shape index (κ3) is 3.07. The van der Waals surface area contributed by atoms with Gasteiger partial charge in [0, 0.05) is 36.1 Å². The van der Waals surface area contributed by atoms with E-state index in [1.54, 1.807) is 6.92 Å². The van der Waals surface area contributed by atoms with Crippen molar-refractivity contribution < 1.29 is 4.79 Å². The summed E-state index contributed by atoms with van der Waals surface area (Å²) in [6.07, 6.45) is 1.14. The van der Waals surface area contributed by atoms with Crippen LogP contribution in [0.25, 0.3) is 0 Å². The molecule has 4 nitrogen and oxygen atoms in total. The summed E-state index contributed by atoms with van der Waals surface area (Å²) in [5.74, 6) is 0.0268. The lowest BCUT2D eigenvalue weighted by Gasteiger charge is -2.30. The summed E-state index contributed by atoms with van der Waals surface area (Å²) in [5.41, 5.74) is 8.15. The molecule has 1 atom stereocenters. The molecule has 19 heavy (non-hydrogen) atoms. The van der Waals surface area contributed by atoms with Crippen molar-refractivity contribution in [2.24, 2.45) is 0 Å². The SMILES string of the molecule is CC(=O)c1cc(N2CCCN(C)CC2C)ccc1N. The van der Waals surface area contributed by atoms with Gasteiger partial charge in [0.25, 0.3) is 0 Å². The van der Waals surface area contributed by atoms with Crippen LogP contribution < -0.4 is 10.6 Å². The summed E-state index contributed by atoms with van der Waals surface area (Å²) in [6.45, 7) is 6.97. The Hall–Kier alpha value is -1.55. The predicted octanol–water partition coefficient (Wildman–Crippen LogP) is 2.00. The van der Waals surface area contributed by atoms with Gasteiger partial charge in [-0.2, -0.15) is 0 Å². The standard InChI is InChI=1S/C15H23N3O/c1-11-10-17(3)7-4-8-18(11)13-5-6-15(16)14(9-13)12(2)19/h5-6,9,11H,4,7-8,10,16H2,1-3H3. The lowest BCUT2D eigenvalue weighted by Crippen LogP contribution is -2.38. The number of ketones is 1. The van der Waals surface area contributed by atoms with Gasteiger partial charge in [-0.15, -0.1) is 0 Å². The number of hydrogen-bond donors (Lipinski definition) is 1. The van der Waals surface area contributed by atoms with Crippen molar-refractivity contribution >= 4 is 17.2 Å². The van der Waals surface area contributed by atoms with Crippen LogP contribution in [0, 0.1) is 0 Å². The minimum atomic E-state index is 0.0268. The Balaban J connectivity index is 2.30. The Labute approximate surface area is 115 Å². The largest absolute Gasteiger partial charge is 0.398 e. The average molecular weight is 261 g/mol. The number of Topliss-reactive ketones (excluding diaryl/α,β-unsaturated/α-hetero) is 1. The van der Waals surface area contributed by atoms with E-state index < -0.39 is 0 Å². The van der Waals surface area contributed by atoms with Crippen LogP contribution in [0.15, 0.2) is 18.2 Å². The smallest absolute Gasteiger partial charge is 0.161 e. The number of carbonyl (C=O) groups is 1. The van der Waals surface area contributed by atoms with Gasteiger partial charge < -0.3 is 15.5 Å². The fraction of sp³-hybridized carbons (Fsp3) is 0.533. The first-order valence-electron chi connectivity index (χ1n) is 6.84. The van der Waals surface area contributed by atoms with Crippen molar-refractivity contribution in [1.29, 1.82) is 0 Å². The predicted molar refractivity (Wildman–Crippen MR) is 79.8 cm³/mol. The van der Waals surface area contributed by atoms with Gasteiger partial charge in [-0.1, -0.05) is 0 Å². The van der Waals surface area contributed by atoms with Crippen LogP contribution in [0.3, 0.4) is 0 Å². The first-order chi connectivity index (χ1) is 8.99. The van der Waals surface area contributed by atoms with Gasteiger partial charge in [-0.3, -0.25) is 4.79 Å². The number of anilines is 2. The Morgan fingerprint density at radius 1 is 1.37 bits per heavy atom. The zero-order valence-electron chi connectivity index (χ0n) is 12.0. The average Bonchev–Trinajstić information content (AvgIpc) is 2.50. The van der Waals surface area contributed by atoms with Gasteiger partial charge in [0.2, 0.25) is 0 Å². The third-order valence-electron chi connectivity index (χ3n) is 3.79. The first-order valence-corrected chi connectivity index (χ1v) is 6.84. The van der Waals surface area contributed by atoms with E-state index in [0.717, 1.165) is 31.7 Å². The molecule has 0 aromatic heterocycles. The number of nitrogens with zero attached hydrogens (tertiary/aromatic N) is 2. The zero-order valence-corrected chi connectivity index (χ0v) is 12.0. The third-order valence-corrected chi connectivity index (χ3v) is 3.79. The molecule has 0 radical (unpaired) electrons. The lowest BCUT2D eigenvalue weighted by molar-refractivity contribution is 0.101. The molecule has 104 valence electrons. The molecule has 1 aromatic carbocycles. The van der Waals surface area contributed by atoms with Crippen molar-refractivity contribution in [3.63, 3.8) is 0 Å². The molecular weight excluding hydrogens is 238 g/mol. The highest BCUT2D eigenvalue weighted by Crippen LogP contribution is 2.25. The number of nitrogens with two attached hydrogens (primary N) is 1. The molecule has 0 aliphatic carbocycles. The van der Waals surface area contributed by atoms with Crippen molar-refractivity contribution in [2.75, 3.05) is 37.3 Å². The molecule has 4 heteroatoms. The molecule has 1 heterocycles. The molecule has 0 spiro atoms. The Bertz CT molecular complexity index is 472. The maximum absolute atomic E-state index is 11.6. The number of carbonyl (C=O) groups excluding carboxylic acids is 1. The van der Waals surface area contributed by atoms with Gasteiger partial charge in [0.15, 0.2) is 5.78 Å². The van der Waals surface area contributed by atoms with Gasteiger partial charge >= 0.3 is 0 Å². The van der Waals surface area contributed by atoms with E-state index in [1.165, 1.54) is 0 Å². The summed E-state index contributed by atoms with van der Waals surface area (Å²) < 4.78 is 0. The highest BCUT2D eigenvalue weighted by atomic mass is 16.1. The van der Waals surface area contributed by atoms with Crippen LogP contribution in [-0.4, -0.2) is 43.4 Å². The Morgan fingerprint density at radius 2 is 2.11 bits per heavy atom. The number of likely N-dealkylation sites (N-methyl/N-ethyl adjacent to an activating group) is 1. The van der Waals surface area contributed by atoms with Crippen LogP contribution in [0.2, 0.25) is 0 Å². The summed E-state index contributed by atoms with van der Waals surface area (Å²) in [6, 6.07) is 6.23. The molecule has 2 rings (SSSR count). The lowest BCUT2D eigenvalue weighted by atomic mass is 10.1. The number of benzene rings is 1. The highest BCUT2D eigenvalue weighted by molar-refractivity contribution is 6.00. The molecule has 0 bridgehead atoms. The first kappa shape index (κ1) is 13.9. The Kier molecular flexibility index (Phi) is 4.10. The van der Waals surface area contributed by atoms with E-state index in [4.69, 9.17) is 5.73 Å². The van der Waals surface area contributed by atoms with E-state index >= 15 is 0 Å². The summed E-state index contributed by atoms with van der Waals surface area (Å²) >= 11 is 0. The fourth-order valence-electron chi connectivity index (χ4n) is 2.78. The monoisotopic (exact) mass is 261 g/mol. The van der Waals surface area contributed by atoms with Crippen LogP contribution in [0.1, 0.15) is 30.6 Å². The van der Waals surface area contributed by atoms with Crippen molar-refractivity contribution in [2.45, 2.75) is 26.3 Å². The minimum absolute atomic E-state index is 0.0268. The van der Waals surface area contributed by atoms with Gasteiger partial charge in [0.05, 0.1) is 0 Å². The van der Waals surface area contributed by atoms with Gasteiger partial charge in [0.1, 0.15) is 0 Å². The molecule has 2 N–H and O–H groups in total. The van der Waals surface area contributed by atoms with E-state index in [2.05, 4.69) is 23.8 Å². The van der Waals surface area contributed by atoms with Crippen LogP contribution in [-0.2, 0) is 0 Å².